The third-order valence-electron chi connectivity index (χ3n) is 2.34. The van der Waals surface area contributed by atoms with Crippen molar-refractivity contribution in [2.45, 2.75) is 0 Å². The van der Waals surface area contributed by atoms with Crippen LogP contribution in [0.2, 0.25) is 0 Å². The van der Waals surface area contributed by atoms with E-state index in [2.05, 4.69) is 28.8 Å². The van der Waals surface area contributed by atoms with Gasteiger partial charge in [-0.25, -0.2) is 0 Å². The number of nitrogens with one attached hydrogen (secondary N) is 2. The van der Waals surface area contributed by atoms with Gasteiger partial charge in [0.2, 0.25) is 0 Å². The molecule has 0 saturated heterocycles. The minimum atomic E-state index is 0.809. The third kappa shape index (κ3) is 4.03. The fraction of sp³-hybridized carbons (Fsp3) is 0.0667. The van der Waals surface area contributed by atoms with Gasteiger partial charge in [-0.05, 0) is 36.5 Å². The summed E-state index contributed by atoms with van der Waals surface area (Å²) in [6, 6.07) is 20.3. The molecule has 0 atom stereocenters. The van der Waals surface area contributed by atoms with Crippen molar-refractivity contribution >= 4 is 11.4 Å². The van der Waals surface area contributed by atoms with Crippen molar-refractivity contribution in [1.82, 2.24) is 0 Å². The molecule has 0 spiro atoms. The lowest BCUT2D eigenvalue weighted by atomic mass is 10.3. The van der Waals surface area contributed by atoms with E-state index in [9.17, 15) is 0 Å². The van der Waals surface area contributed by atoms with Gasteiger partial charge in [-0.1, -0.05) is 36.4 Å². The van der Waals surface area contributed by atoms with Crippen molar-refractivity contribution < 1.29 is 0 Å². The van der Waals surface area contributed by atoms with Crippen LogP contribution in [0.15, 0.2) is 72.9 Å². The Morgan fingerprint density at radius 1 is 0.765 bits per heavy atom. The molecule has 0 bridgehead atoms. The van der Waals surface area contributed by atoms with E-state index in [4.69, 9.17) is 0 Å². The monoisotopic (exact) mass is 224 g/mol. The molecule has 0 unspecified atom stereocenters. The van der Waals surface area contributed by atoms with E-state index in [0.717, 1.165) is 17.9 Å². The van der Waals surface area contributed by atoms with E-state index in [1.165, 1.54) is 0 Å². The van der Waals surface area contributed by atoms with Crippen molar-refractivity contribution in [3.63, 3.8) is 0 Å². The summed E-state index contributed by atoms with van der Waals surface area (Å²) in [6.45, 7) is 0.809. The van der Waals surface area contributed by atoms with Crippen molar-refractivity contribution in [1.29, 1.82) is 0 Å². The van der Waals surface area contributed by atoms with E-state index >= 15 is 0 Å². The highest BCUT2D eigenvalue weighted by Crippen LogP contribution is 2.05. The molecule has 0 aliphatic carbocycles. The summed E-state index contributed by atoms with van der Waals surface area (Å²) in [5, 5.41) is 6.51. The zero-order valence-electron chi connectivity index (χ0n) is 9.64. The quantitative estimate of drug-likeness (QED) is 0.808. The number of anilines is 2. The molecule has 2 heteroatoms. The second-order valence-corrected chi connectivity index (χ2v) is 3.66. The van der Waals surface area contributed by atoms with E-state index in [-0.39, 0.29) is 0 Å². The Balaban J connectivity index is 1.72. The second-order valence-electron chi connectivity index (χ2n) is 3.66. The first kappa shape index (κ1) is 11.3. The summed E-state index contributed by atoms with van der Waals surface area (Å²) in [7, 11) is 0. The lowest BCUT2D eigenvalue weighted by Gasteiger charge is -2.02. The van der Waals surface area contributed by atoms with Gasteiger partial charge >= 0.3 is 0 Å². The van der Waals surface area contributed by atoms with Gasteiger partial charge in [0.1, 0.15) is 0 Å². The summed E-state index contributed by atoms with van der Waals surface area (Å²) in [6.07, 6.45) is 4.01. The predicted octanol–water partition coefficient (Wildman–Crippen LogP) is 3.72. The largest absolute Gasteiger partial charge is 0.382 e. The molecule has 2 N–H and O–H groups in total. The zero-order valence-corrected chi connectivity index (χ0v) is 9.64. The van der Waals surface area contributed by atoms with Crippen LogP contribution in [-0.2, 0) is 0 Å². The molecule has 0 amide bonds. The van der Waals surface area contributed by atoms with Gasteiger partial charge in [0.25, 0.3) is 0 Å². The molecule has 17 heavy (non-hydrogen) atoms. The fourth-order valence-corrected chi connectivity index (χ4v) is 1.48. The highest BCUT2D eigenvalue weighted by atomic mass is 14.9. The topological polar surface area (TPSA) is 24.1 Å². The lowest BCUT2D eigenvalue weighted by molar-refractivity contribution is 1.33. The predicted molar refractivity (Wildman–Crippen MR) is 74.1 cm³/mol. The summed E-state index contributed by atoms with van der Waals surface area (Å²) >= 11 is 0. The van der Waals surface area contributed by atoms with Crippen LogP contribution in [-0.4, -0.2) is 6.54 Å². The summed E-state index contributed by atoms with van der Waals surface area (Å²) in [5.41, 5.74) is 2.24. The zero-order chi connectivity index (χ0) is 11.8. The second kappa shape index (κ2) is 6.38. The maximum atomic E-state index is 3.30. The van der Waals surface area contributed by atoms with Crippen LogP contribution in [0.5, 0.6) is 0 Å². The average molecular weight is 224 g/mol. The van der Waals surface area contributed by atoms with Crippen LogP contribution in [0.1, 0.15) is 0 Å². The van der Waals surface area contributed by atoms with Gasteiger partial charge < -0.3 is 10.6 Å². The van der Waals surface area contributed by atoms with Gasteiger partial charge in [0.05, 0.1) is 0 Å². The molecule has 0 aliphatic heterocycles. The Hall–Kier alpha value is -2.22. The number of para-hydroxylation sites is 2. The van der Waals surface area contributed by atoms with Crippen LogP contribution in [0.4, 0.5) is 11.4 Å². The third-order valence-corrected chi connectivity index (χ3v) is 2.34. The Labute approximate surface area is 102 Å². The lowest BCUT2D eigenvalue weighted by Crippen LogP contribution is -1.98. The first-order chi connectivity index (χ1) is 8.45. The smallest absolute Gasteiger partial charge is 0.0379 e. The summed E-state index contributed by atoms with van der Waals surface area (Å²) in [4.78, 5) is 0. The van der Waals surface area contributed by atoms with E-state index < -0.39 is 0 Å². The molecule has 0 fully saturated rings. The fourth-order valence-electron chi connectivity index (χ4n) is 1.48. The van der Waals surface area contributed by atoms with Crippen molar-refractivity contribution in [3.05, 3.63) is 72.9 Å². The molecule has 0 aliphatic rings. The molecule has 0 radical (unpaired) electrons. The number of hydrogen-bond acceptors (Lipinski definition) is 2. The first-order valence-corrected chi connectivity index (χ1v) is 5.71. The van der Waals surface area contributed by atoms with Crippen LogP contribution in [0.3, 0.4) is 0 Å². The highest BCUT2D eigenvalue weighted by molar-refractivity contribution is 5.46. The van der Waals surface area contributed by atoms with Crippen LogP contribution in [0, 0.1) is 0 Å². The van der Waals surface area contributed by atoms with Crippen molar-refractivity contribution in [3.8, 4) is 0 Å². The van der Waals surface area contributed by atoms with Gasteiger partial charge in [0.15, 0.2) is 0 Å². The average Bonchev–Trinajstić information content (AvgIpc) is 2.41. The number of benzene rings is 2. The molecule has 86 valence electrons. The number of hydrogen-bond donors (Lipinski definition) is 2. The van der Waals surface area contributed by atoms with Crippen molar-refractivity contribution in [2.75, 3.05) is 17.2 Å². The van der Waals surface area contributed by atoms with Crippen molar-refractivity contribution in [2.24, 2.45) is 0 Å². The van der Waals surface area contributed by atoms with E-state index in [1.807, 2.05) is 54.7 Å². The molecule has 0 heterocycles. The molecule has 0 saturated carbocycles. The molecule has 2 aromatic rings. The van der Waals surface area contributed by atoms with Crippen LogP contribution >= 0.6 is 0 Å². The maximum Gasteiger partial charge on any atom is 0.0379 e. The van der Waals surface area contributed by atoms with Gasteiger partial charge in [0, 0.05) is 17.9 Å². The normalized spacial score (nSPS) is 10.4. The molecular weight excluding hydrogens is 208 g/mol. The van der Waals surface area contributed by atoms with E-state index in [1.54, 1.807) is 0 Å². The molecular formula is C15H16N2. The number of rotatable bonds is 5. The Morgan fingerprint density at radius 2 is 1.35 bits per heavy atom. The Kier molecular flexibility index (Phi) is 4.23. The SMILES string of the molecule is C(=CNc1ccccc1)CNc1ccccc1. The minimum Gasteiger partial charge on any atom is -0.382 e. The van der Waals surface area contributed by atoms with Gasteiger partial charge in [-0.15, -0.1) is 0 Å². The summed E-state index contributed by atoms with van der Waals surface area (Å²) < 4.78 is 0. The van der Waals surface area contributed by atoms with Crippen LogP contribution < -0.4 is 10.6 Å². The Morgan fingerprint density at radius 3 is 2.00 bits per heavy atom. The first-order valence-electron chi connectivity index (χ1n) is 5.71. The highest BCUT2D eigenvalue weighted by Gasteiger charge is 1.85. The standard InChI is InChI=1S/C15H16N2/c1-3-8-14(9-4-1)16-12-7-13-17-15-10-5-2-6-11-15/h1-12,16-17H,13H2. The Bertz CT molecular complexity index is 449. The van der Waals surface area contributed by atoms with Gasteiger partial charge in [-0.2, -0.15) is 0 Å². The minimum absolute atomic E-state index is 0.809. The van der Waals surface area contributed by atoms with E-state index in [0.29, 0.717) is 0 Å². The summed E-state index contributed by atoms with van der Waals surface area (Å²) in [5.74, 6) is 0. The maximum absolute atomic E-state index is 3.30. The molecule has 2 aromatic carbocycles. The van der Waals surface area contributed by atoms with Gasteiger partial charge in [-0.3, -0.25) is 0 Å². The molecule has 2 nitrogen and oxygen atoms in total. The van der Waals surface area contributed by atoms with Crippen LogP contribution in [0.25, 0.3) is 0 Å². The molecule has 0 aromatic heterocycles. The molecule has 2 rings (SSSR count).